The number of hydrogen-bond donors (Lipinski definition) is 1. The highest BCUT2D eigenvalue weighted by Crippen LogP contribution is 2.20. The van der Waals surface area contributed by atoms with Gasteiger partial charge in [-0.15, -0.1) is 0 Å². The molecule has 1 heterocycles. The molecular weight excluding hydrogens is 156 g/mol. The van der Waals surface area contributed by atoms with Gasteiger partial charge in [-0.1, -0.05) is 6.92 Å². The lowest BCUT2D eigenvalue weighted by molar-refractivity contribution is -0.118. The second-order valence-electron chi connectivity index (χ2n) is 3.61. The van der Waals surface area contributed by atoms with E-state index in [9.17, 15) is 9.59 Å². The van der Waals surface area contributed by atoms with Crippen LogP contribution in [-0.4, -0.2) is 28.9 Å². The molecule has 4 heteroatoms. The fraction of sp³-hybridized carbons (Fsp3) is 0.750. The first-order chi connectivity index (χ1) is 5.47. The monoisotopic (exact) mass is 170 g/mol. The van der Waals surface area contributed by atoms with Crippen molar-refractivity contribution in [3.8, 4) is 0 Å². The highest BCUT2D eigenvalue weighted by Gasteiger charge is 2.36. The van der Waals surface area contributed by atoms with Crippen molar-refractivity contribution in [2.45, 2.75) is 32.7 Å². The number of carbonyl (C=O) groups is 2. The standard InChI is InChI=1S/C8H14N2O2/c1-4-8(2,3)10-5-6(11)9-7(10)12/h4-5H2,1-3H3,(H,9,11,12). The summed E-state index contributed by atoms with van der Waals surface area (Å²) in [5.41, 5.74) is -0.226. The molecular formula is C8H14N2O2. The van der Waals surface area contributed by atoms with Gasteiger partial charge < -0.3 is 4.90 Å². The summed E-state index contributed by atoms with van der Waals surface area (Å²) in [6.45, 7) is 6.09. The van der Waals surface area contributed by atoms with E-state index in [1.165, 1.54) is 0 Å². The van der Waals surface area contributed by atoms with Gasteiger partial charge in [0.15, 0.2) is 0 Å². The molecule has 1 aliphatic heterocycles. The lowest BCUT2D eigenvalue weighted by Crippen LogP contribution is -2.45. The zero-order chi connectivity index (χ0) is 9.35. The Morgan fingerprint density at radius 3 is 2.42 bits per heavy atom. The molecule has 0 spiro atoms. The molecule has 1 saturated heterocycles. The molecule has 0 atom stereocenters. The molecule has 1 aliphatic rings. The fourth-order valence-corrected chi connectivity index (χ4v) is 1.12. The van der Waals surface area contributed by atoms with Crippen molar-refractivity contribution in [3.63, 3.8) is 0 Å². The Balaban J connectivity index is 2.76. The van der Waals surface area contributed by atoms with E-state index in [2.05, 4.69) is 5.32 Å². The Kier molecular flexibility index (Phi) is 2.08. The molecule has 0 aromatic rings. The molecule has 0 bridgehead atoms. The van der Waals surface area contributed by atoms with Gasteiger partial charge in [0.25, 0.3) is 0 Å². The first-order valence-electron chi connectivity index (χ1n) is 4.09. The van der Waals surface area contributed by atoms with Crippen LogP contribution in [0.1, 0.15) is 27.2 Å². The number of hydrogen-bond acceptors (Lipinski definition) is 2. The van der Waals surface area contributed by atoms with Crippen molar-refractivity contribution < 1.29 is 9.59 Å². The summed E-state index contributed by atoms with van der Waals surface area (Å²) in [6.07, 6.45) is 0.841. The van der Waals surface area contributed by atoms with Crippen LogP contribution in [0.3, 0.4) is 0 Å². The highest BCUT2D eigenvalue weighted by molar-refractivity contribution is 6.02. The number of carbonyl (C=O) groups excluding carboxylic acids is 2. The summed E-state index contributed by atoms with van der Waals surface area (Å²) >= 11 is 0. The third-order valence-electron chi connectivity index (χ3n) is 2.39. The van der Waals surface area contributed by atoms with E-state index in [4.69, 9.17) is 0 Å². The number of imide groups is 1. The van der Waals surface area contributed by atoms with Crippen LogP contribution >= 0.6 is 0 Å². The average Bonchev–Trinajstić information content (AvgIpc) is 2.31. The second kappa shape index (κ2) is 2.77. The van der Waals surface area contributed by atoms with Gasteiger partial charge in [0.2, 0.25) is 5.91 Å². The van der Waals surface area contributed by atoms with Crippen molar-refractivity contribution in [2.75, 3.05) is 6.54 Å². The Hall–Kier alpha value is -1.06. The molecule has 0 aliphatic carbocycles. The van der Waals surface area contributed by atoms with Gasteiger partial charge in [-0.3, -0.25) is 10.1 Å². The van der Waals surface area contributed by atoms with E-state index in [-0.39, 0.29) is 24.0 Å². The maximum Gasteiger partial charge on any atom is 0.325 e. The molecule has 4 nitrogen and oxygen atoms in total. The van der Waals surface area contributed by atoms with E-state index in [1.807, 2.05) is 20.8 Å². The Morgan fingerprint density at radius 2 is 2.08 bits per heavy atom. The molecule has 1 rings (SSSR count). The molecule has 0 unspecified atom stereocenters. The zero-order valence-electron chi connectivity index (χ0n) is 7.68. The van der Waals surface area contributed by atoms with Crippen LogP contribution in [0.15, 0.2) is 0 Å². The molecule has 1 N–H and O–H groups in total. The second-order valence-corrected chi connectivity index (χ2v) is 3.61. The van der Waals surface area contributed by atoms with Gasteiger partial charge in [0.05, 0.1) is 0 Å². The summed E-state index contributed by atoms with van der Waals surface area (Å²) < 4.78 is 0. The van der Waals surface area contributed by atoms with Crippen LogP contribution in [0.25, 0.3) is 0 Å². The summed E-state index contributed by atoms with van der Waals surface area (Å²) in [5, 5.41) is 2.26. The lowest BCUT2D eigenvalue weighted by atomic mass is 10.0. The van der Waals surface area contributed by atoms with Crippen LogP contribution < -0.4 is 5.32 Å². The molecule has 0 aromatic carbocycles. The minimum atomic E-state index is -0.271. The fourth-order valence-electron chi connectivity index (χ4n) is 1.12. The summed E-state index contributed by atoms with van der Waals surface area (Å²) in [7, 11) is 0. The van der Waals surface area contributed by atoms with Crippen molar-refractivity contribution in [1.29, 1.82) is 0 Å². The van der Waals surface area contributed by atoms with Crippen LogP contribution in [0.5, 0.6) is 0 Å². The van der Waals surface area contributed by atoms with E-state index in [1.54, 1.807) is 4.90 Å². The average molecular weight is 170 g/mol. The smallest absolute Gasteiger partial charge is 0.310 e. The van der Waals surface area contributed by atoms with Gasteiger partial charge in [0.1, 0.15) is 6.54 Å². The highest BCUT2D eigenvalue weighted by atomic mass is 16.2. The SMILES string of the molecule is CCC(C)(C)N1CC(=O)NC1=O. The molecule has 0 saturated carbocycles. The molecule has 12 heavy (non-hydrogen) atoms. The number of rotatable bonds is 2. The first-order valence-corrected chi connectivity index (χ1v) is 4.09. The number of nitrogens with one attached hydrogen (secondary N) is 1. The van der Waals surface area contributed by atoms with Gasteiger partial charge in [0, 0.05) is 5.54 Å². The van der Waals surface area contributed by atoms with Crippen LogP contribution in [0, 0.1) is 0 Å². The normalized spacial score (nSPS) is 18.4. The van der Waals surface area contributed by atoms with Crippen LogP contribution in [0.2, 0.25) is 0 Å². The molecule has 0 aromatic heterocycles. The Bertz CT molecular complexity index is 223. The minimum Gasteiger partial charge on any atom is -0.310 e. The van der Waals surface area contributed by atoms with Crippen LogP contribution in [-0.2, 0) is 4.79 Å². The molecule has 1 fully saturated rings. The zero-order valence-corrected chi connectivity index (χ0v) is 7.68. The van der Waals surface area contributed by atoms with Gasteiger partial charge >= 0.3 is 6.03 Å². The van der Waals surface area contributed by atoms with E-state index >= 15 is 0 Å². The number of amides is 3. The largest absolute Gasteiger partial charge is 0.325 e. The van der Waals surface area contributed by atoms with Gasteiger partial charge in [-0.2, -0.15) is 0 Å². The molecule has 0 radical (unpaired) electrons. The first kappa shape index (κ1) is 9.03. The summed E-state index contributed by atoms with van der Waals surface area (Å²) in [6, 6.07) is -0.271. The third-order valence-corrected chi connectivity index (χ3v) is 2.39. The van der Waals surface area contributed by atoms with Crippen LogP contribution in [0.4, 0.5) is 4.79 Å². The summed E-state index contributed by atoms with van der Waals surface area (Å²) in [5.74, 6) is -0.207. The maximum atomic E-state index is 11.2. The lowest BCUT2D eigenvalue weighted by Gasteiger charge is -2.32. The Labute approximate surface area is 71.9 Å². The third kappa shape index (κ3) is 1.42. The maximum absolute atomic E-state index is 11.2. The topological polar surface area (TPSA) is 49.4 Å². The van der Waals surface area contributed by atoms with Crippen molar-refractivity contribution >= 4 is 11.9 Å². The molecule has 3 amide bonds. The summed E-state index contributed by atoms with van der Waals surface area (Å²) in [4.78, 5) is 23.6. The van der Waals surface area contributed by atoms with Gasteiger partial charge in [-0.25, -0.2) is 4.79 Å². The van der Waals surface area contributed by atoms with E-state index in [0.29, 0.717) is 0 Å². The van der Waals surface area contributed by atoms with Crippen molar-refractivity contribution in [1.82, 2.24) is 10.2 Å². The van der Waals surface area contributed by atoms with E-state index in [0.717, 1.165) is 6.42 Å². The number of nitrogens with zero attached hydrogens (tertiary/aromatic N) is 1. The van der Waals surface area contributed by atoms with Crippen molar-refractivity contribution in [3.05, 3.63) is 0 Å². The molecule has 68 valence electrons. The van der Waals surface area contributed by atoms with Crippen molar-refractivity contribution in [2.24, 2.45) is 0 Å². The quantitative estimate of drug-likeness (QED) is 0.621. The minimum absolute atomic E-state index is 0.194. The van der Waals surface area contributed by atoms with E-state index < -0.39 is 0 Å². The predicted molar refractivity (Wildman–Crippen MR) is 44.6 cm³/mol. The Morgan fingerprint density at radius 1 is 1.50 bits per heavy atom. The van der Waals surface area contributed by atoms with Gasteiger partial charge in [-0.05, 0) is 20.3 Å². The number of urea groups is 1. The predicted octanol–water partition coefficient (Wildman–Crippen LogP) is 0.727.